The van der Waals surface area contributed by atoms with Crippen LogP contribution in [0.5, 0.6) is 0 Å². The van der Waals surface area contributed by atoms with E-state index in [1.165, 1.54) is 0 Å². The minimum atomic E-state index is 0.417. The molecule has 1 aromatic heterocycles. The Bertz CT molecular complexity index is 235. The third-order valence-electron chi connectivity index (χ3n) is 1.64. The van der Waals surface area contributed by atoms with Crippen molar-refractivity contribution in [3.8, 4) is 0 Å². The van der Waals surface area contributed by atoms with Crippen molar-refractivity contribution in [2.75, 3.05) is 5.32 Å². The van der Waals surface area contributed by atoms with Crippen molar-refractivity contribution >= 4 is 17.4 Å². The Morgan fingerprint density at radius 2 is 2.25 bits per heavy atom. The summed E-state index contributed by atoms with van der Waals surface area (Å²) < 4.78 is 0. The molecule has 4 heteroatoms. The number of rotatable bonds is 3. The molecule has 0 aliphatic carbocycles. The van der Waals surface area contributed by atoms with Crippen LogP contribution in [0.1, 0.15) is 20.3 Å². The van der Waals surface area contributed by atoms with Gasteiger partial charge in [-0.15, -0.1) is 10.2 Å². The fourth-order valence-corrected chi connectivity index (χ4v) is 0.848. The number of hydrogen-bond donors (Lipinski definition) is 1. The first-order valence-electron chi connectivity index (χ1n) is 3.98. The van der Waals surface area contributed by atoms with E-state index in [-0.39, 0.29) is 0 Å². The Balaban J connectivity index is 2.58. The van der Waals surface area contributed by atoms with Crippen molar-refractivity contribution < 1.29 is 0 Å². The Hall–Kier alpha value is -0.830. The molecule has 1 N–H and O–H groups in total. The molecule has 0 fully saturated rings. The zero-order valence-corrected chi connectivity index (χ0v) is 7.97. The molecule has 1 atom stereocenters. The Labute approximate surface area is 77.2 Å². The van der Waals surface area contributed by atoms with Gasteiger partial charge in [0, 0.05) is 6.04 Å². The molecule has 1 aromatic rings. The number of anilines is 1. The van der Waals surface area contributed by atoms with Crippen LogP contribution in [-0.2, 0) is 0 Å². The minimum absolute atomic E-state index is 0.417. The highest BCUT2D eigenvalue weighted by molar-refractivity contribution is 6.29. The highest BCUT2D eigenvalue weighted by Crippen LogP contribution is 2.07. The van der Waals surface area contributed by atoms with Crippen molar-refractivity contribution in [3.05, 3.63) is 17.3 Å². The molecule has 0 amide bonds. The standard InChI is InChI=1S/C8H12ClN3/c1-3-6(2)10-8-5-4-7(9)11-12-8/h4-6H,3H2,1-2H3,(H,10,12)/t6-/m1/s1. The van der Waals surface area contributed by atoms with E-state index in [1.807, 2.05) is 6.07 Å². The van der Waals surface area contributed by atoms with Gasteiger partial charge in [0.25, 0.3) is 0 Å². The van der Waals surface area contributed by atoms with Gasteiger partial charge >= 0.3 is 0 Å². The predicted octanol–water partition coefficient (Wildman–Crippen LogP) is 2.34. The summed E-state index contributed by atoms with van der Waals surface area (Å²) in [5.74, 6) is 0.772. The zero-order valence-electron chi connectivity index (χ0n) is 7.21. The Morgan fingerprint density at radius 1 is 1.50 bits per heavy atom. The molecule has 0 saturated carbocycles. The summed E-state index contributed by atoms with van der Waals surface area (Å²) in [5.41, 5.74) is 0. The maximum atomic E-state index is 5.58. The van der Waals surface area contributed by atoms with Crippen LogP contribution in [0.3, 0.4) is 0 Å². The van der Waals surface area contributed by atoms with Crippen LogP contribution in [0.4, 0.5) is 5.82 Å². The molecule has 1 rings (SSSR count). The first-order valence-corrected chi connectivity index (χ1v) is 4.36. The van der Waals surface area contributed by atoms with Crippen molar-refractivity contribution in [1.29, 1.82) is 0 Å². The number of nitrogens with zero attached hydrogens (tertiary/aromatic N) is 2. The molecule has 0 aromatic carbocycles. The lowest BCUT2D eigenvalue weighted by Gasteiger charge is -2.10. The highest BCUT2D eigenvalue weighted by Gasteiger charge is 1.99. The van der Waals surface area contributed by atoms with Crippen molar-refractivity contribution in [1.82, 2.24) is 10.2 Å². The Kier molecular flexibility index (Phi) is 3.29. The minimum Gasteiger partial charge on any atom is -0.366 e. The van der Waals surface area contributed by atoms with E-state index in [9.17, 15) is 0 Å². The zero-order chi connectivity index (χ0) is 8.97. The summed E-state index contributed by atoms with van der Waals surface area (Å²) in [4.78, 5) is 0. The van der Waals surface area contributed by atoms with Crippen LogP contribution in [0.2, 0.25) is 5.15 Å². The van der Waals surface area contributed by atoms with Gasteiger partial charge in [0.2, 0.25) is 0 Å². The molecular formula is C8H12ClN3. The van der Waals surface area contributed by atoms with E-state index >= 15 is 0 Å². The maximum absolute atomic E-state index is 5.58. The van der Waals surface area contributed by atoms with Gasteiger partial charge in [0.1, 0.15) is 5.82 Å². The maximum Gasteiger partial charge on any atom is 0.151 e. The molecule has 0 unspecified atom stereocenters. The van der Waals surface area contributed by atoms with E-state index in [4.69, 9.17) is 11.6 Å². The van der Waals surface area contributed by atoms with E-state index in [0.29, 0.717) is 11.2 Å². The second-order valence-corrected chi connectivity index (χ2v) is 3.08. The summed E-state index contributed by atoms with van der Waals surface area (Å²) in [6.45, 7) is 4.21. The lowest BCUT2D eigenvalue weighted by atomic mass is 10.2. The number of nitrogens with one attached hydrogen (secondary N) is 1. The summed E-state index contributed by atoms with van der Waals surface area (Å²) >= 11 is 5.58. The van der Waals surface area contributed by atoms with Gasteiger partial charge in [0.05, 0.1) is 0 Å². The quantitative estimate of drug-likeness (QED) is 0.786. The van der Waals surface area contributed by atoms with Crippen LogP contribution in [-0.4, -0.2) is 16.2 Å². The molecule has 0 saturated heterocycles. The Morgan fingerprint density at radius 3 is 2.75 bits per heavy atom. The first kappa shape index (κ1) is 9.26. The molecule has 0 aliphatic heterocycles. The second-order valence-electron chi connectivity index (χ2n) is 2.69. The second kappa shape index (κ2) is 4.26. The molecule has 0 radical (unpaired) electrons. The lowest BCUT2D eigenvalue weighted by Crippen LogP contribution is -2.14. The largest absolute Gasteiger partial charge is 0.366 e. The summed E-state index contributed by atoms with van der Waals surface area (Å²) in [6, 6.07) is 3.96. The summed E-state index contributed by atoms with van der Waals surface area (Å²) in [7, 11) is 0. The molecule has 0 spiro atoms. The smallest absolute Gasteiger partial charge is 0.151 e. The van der Waals surface area contributed by atoms with Crippen LogP contribution >= 0.6 is 11.6 Å². The average molecular weight is 186 g/mol. The van der Waals surface area contributed by atoms with Gasteiger partial charge in [-0.05, 0) is 25.5 Å². The van der Waals surface area contributed by atoms with E-state index in [1.54, 1.807) is 6.07 Å². The van der Waals surface area contributed by atoms with Gasteiger partial charge in [0.15, 0.2) is 5.15 Å². The van der Waals surface area contributed by atoms with Crippen LogP contribution in [0, 0.1) is 0 Å². The monoisotopic (exact) mass is 185 g/mol. The number of hydrogen-bond acceptors (Lipinski definition) is 3. The molecular weight excluding hydrogens is 174 g/mol. The SMILES string of the molecule is CC[C@@H](C)Nc1ccc(Cl)nn1. The normalized spacial score (nSPS) is 12.6. The van der Waals surface area contributed by atoms with Crippen molar-refractivity contribution in [3.63, 3.8) is 0 Å². The van der Waals surface area contributed by atoms with Crippen molar-refractivity contribution in [2.24, 2.45) is 0 Å². The summed E-state index contributed by atoms with van der Waals surface area (Å²) in [5, 5.41) is 11.2. The number of aromatic nitrogens is 2. The molecule has 66 valence electrons. The van der Waals surface area contributed by atoms with Gasteiger partial charge in [-0.2, -0.15) is 0 Å². The van der Waals surface area contributed by atoms with E-state index in [0.717, 1.165) is 12.2 Å². The molecule has 0 bridgehead atoms. The van der Waals surface area contributed by atoms with Gasteiger partial charge < -0.3 is 5.32 Å². The average Bonchev–Trinajstić information content (AvgIpc) is 2.09. The molecule has 12 heavy (non-hydrogen) atoms. The van der Waals surface area contributed by atoms with E-state index in [2.05, 4.69) is 29.4 Å². The van der Waals surface area contributed by atoms with Gasteiger partial charge in [-0.25, -0.2) is 0 Å². The fraction of sp³-hybridized carbons (Fsp3) is 0.500. The van der Waals surface area contributed by atoms with Crippen LogP contribution in [0.15, 0.2) is 12.1 Å². The number of halogens is 1. The van der Waals surface area contributed by atoms with Crippen LogP contribution < -0.4 is 5.32 Å². The van der Waals surface area contributed by atoms with E-state index < -0.39 is 0 Å². The van der Waals surface area contributed by atoms with Gasteiger partial charge in [-0.3, -0.25) is 0 Å². The van der Waals surface area contributed by atoms with Crippen LogP contribution in [0.25, 0.3) is 0 Å². The molecule has 0 aliphatic rings. The van der Waals surface area contributed by atoms with Crippen molar-refractivity contribution in [2.45, 2.75) is 26.3 Å². The third-order valence-corrected chi connectivity index (χ3v) is 1.84. The molecule has 1 heterocycles. The van der Waals surface area contributed by atoms with Gasteiger partial charge in [-0.1, -0.05) is 18.5 Å². The predicted molar refractivity (Wildman–Crippen MR) is 50.4 cm³/mol. The fourth-order valence-electron chi connectivity index (χ4n) is 0.747. The highest BCUT2D eigenvalue weighted by atomic mass is 35.5. The topological polar surface area (TPSA) is 37.8 Å². The first-order chi connectivity index (χ1) is 5.72. The molecule has 3 nitrogen and oxygen atoms in total. The summed E-state index contributed by atoms with van der Waals surface area (Å²) in [6.07, 6.45) is 1.06. The third kappa shape index (κ3) is 2.66. The lowest BCUT2D eigenvalue weighted by molar-refractivity contribution is 0.755.